The minimum Gasteiger partial charge on any atom is -0.444 e. The van der Waals surface area contributed by atoms with E-state index in [4.69, 9.17) is 4.74 Å². The van der Waals surface area contributed by atoms with Gasteiger partial charge >= 0.3 is 6.09 Å². The van der Waals surface area contributed by atoms with Gasteiger partial charge < -0.3 is 19.9 Å². The second kappa shape index (κ2) is 8.61. The van der Waals surface area contributed by atoms with Gasteiger partial charge in [0.2, 0.25) is 5.91 Å². The van der Waals surface area contributed by atoms with Crippen LogP contribution in [0.25, 0.3) is 0 Å². The first-order valence-electron chi connectivity index (χ1n) is 11.0. The van der Waals surface area contributed by atoms with Crippen LogP contribution in [0.4, 0.5) is 16.2 Å². The fourth-order valence-corrected chi connectivity index (χ4v) is 4.26. The van der Waals surface area contributed by atoms with E-state index in [2.05, 4.69) is 46.6 Å². The predicted molar refractivity (Wildman–Crippen MR) is 122 cm³/mol. The molecule has 6 heteroatoms. The highest BCUT2D eigenvalue weighted by Crippen LogP contribution is 2.34. The molecule has 2 aromatic rings. The number of rotatable bonds is 3. The first-order valence-corrected chi connectivity index (χ1v) is 11.0. The Hall–Kier alpha value is -3.02. The van der Waals surface area contributed by atoms with Gasteiger partial charge in [0, 0.05) is 26.1 Å². The maximum Gasteiger partial charge on any atom is 0.410 e. The van der Waals surface area contributed by atoms with Crippen LogP contribution < -0.4 is 10.2 Å². The second-order valence-corrected chi connectivity index (χ2v) is 9.36. The summed E-state index contributed by atoms with van der Waals surface area (Å²) in [7, 11) is 0. The molecule has 4 rings (SSSR count). The molecule has 2 aromatic carbocycles. The van der Waals surface area contributed by atoms with Crippen LogP contribution in [0.5, 0.6) is 0 Å². The van der Waals surface area contributed by atoms with Crippen molar-refractivity contribution in [2.24, 2.45) is 0 Å². The maximum absolute atomic E-state index is 12.6. The van der Waals surface area contributed by atoms with Crippen LogP contribution >= 0.6 is 0 Å². The zero-order valence-corrected chi connectivity index (χ0v) is 18.6. The third-order valence-corrected chi connectivity index (χ3v) is 5.75. The summed E-state index contributed by atoms with van der Waals surface area (Å²) >= 11 is 0. The number of amides is 2. The monoisotopic (exact) mass is 421 g/mol. The molecule has 0 aromatic heterocycles. The third kappa shape index (κ3) is 5.19. The summed E-state index contributed by atoms with van der Waals surface area (Å²) in [5.74, 6) is -0.0168. The Morgan fingerprint density at radius 2 is 1.81 bits per heavy atom. The van der Waals surface area contributed by atoms with Gasteiger partial charge in [0.1, 0.15) is 5.60 Å². The van der Waals surface area contributed by atoms with Crippen molar-refractivity contribution in [3.63, 3.8) is 0 Å². The molecule has 1 atom stereocenters. The van der Waals surface area contributed by atoms with Crippen LogP contribution in [0, 0.1) is 0 Å². The number of nitrogens with zero attached hydrogens (tertiary/aromatic N) is 2. The van der Waals surface area contributed by atoms with Gasteiger partial charge in [0.05, 0.1) is 17.4 Å². The molecule has 2 amide bonds. The molecule has 0 bridgehead atoms. The number of anilines is 2. The Bertz CT molecular complexity index is 952. The molecule has 6 nitrogen and oxygen atoms in total. The zero-order valence-electron chi connectivity index (χ0n) is 18.6. The minimum absolute atomic E-state index is 0.0168. The number of nitrogens with one attached hydrogen (secondary N) is 1. The quantitative estimate of drug-likeness (QED) is 0.805. The first kappa shape index (κ1) is 21.2. The number of carbonyl (C=O) groups is 2. The van der Waals surface area contributed by atoms with E-state index in [1.165, 1.54) is 11.1 Å². The van der Waals surface area contributed by atoms with Crippen molar-refractivity contribution in [3.8, 4) is 0 Å². The van der Waals surface area contributed by atoms with E-state index < -0.39 is 5.60 Å². The minimum atomic E-state index is -0.532. The molecule has 31 heavy (non-hydrogen) atoms. The van der Waals surface area contributed by atoms with Crippen molar-refractivity contribution in [1.29, 1.82) is 0 Å². The van der Waals surface area contributed by atoms with Crippen LogP contribution in [0.2, 0.25) is 0 Å². The van der Waals surface area contributed by atoms with Crippen molar-refractivity contribution in [2.75, 3.05) is 29.9 Å². The van der Waals surface area contributed by atoms with Gasteiger partial charge in [-0.1, -0.05) is 36.4 Å². The molecule has 0 saturated carbocycles. The molecule has 0 radical (unpaired) electrons. The van der Waals surface area contributed by atoms with E-state index in [1.54, 1.807) is 4.90 Å². The Labute approximate surface area is 184 Å². The number of fused-ring (bicyclic) bond motifs is 3. The van der Waals surface area contributed by atoms with Gasteiger partial charge in [-0.05, 0) is 56.9 Å². The average Bonchev–Trinajstić information content (AvgIpc) is 2.86. The number of benzene rings is 2. The van der Waals surface area contributed by atoms with Crippen molar-refractivity contribution >= 4 is 23.4 Å². The van der Waals surface area contributed by atoms with Gasteiger partial charge in [-0.25, -0.2) is 4.79 Å². The molecule has 1 fully saturated rings. The highest BCUT2D eigenvalue weighted by atomic mass is 16.6. The van der Waals surface area contributed by atoms with Gasteiger partial charge in [0.15, 0.2) is 0 Å². The average molecular weight is 422 g/mol. The Balaban J connectivity index is 1.51. The second-order valence-electron chi connectivity index (χ2n) is 9.36. The molecular formula is C25H31N3O3. The fourth-order valence-electron chi connectivity index (χ4n) is 4.26. The molecule has 1 saturated heterocycles. The maximum atomic E-state index is 12.6. The number of carbonyl (C=O) groups excluding carboxylic acids is 2. The van der Waals surface area contributed by atoms with Crippen molar-refractivity contribution < 1.29 is 14.3 Å². The first-order chi connectivity index (χ1) is 14.8. The number of ether oxygens (including phenoxy) is 1. The number of hydrogen-bond donors (Lipinski definition) is 1. The van der Waals surface area contributed by atoms with Gasteiger partial charge in [-0.3, -0.25) is 4.79 Å². The normalized spacial score (nSPS) is 18.5. The summed E-state index contributed by atoms with van der Waals surface area (Å²) in [6, 6.07) is 16.7. The summed E-state index contributed by atoms with van der Waals surface area (Å²) in [6.45, 7) is 7.34. The highest BCUT2D eigenvalue weighted by Gasteiger charge is 2.36. The van der Waals surface area contributed by atoms with Crippen LogP contribution in [-0.2, 0) is 22.4 Å². The Kier molecular flexibility index (Phi) is 5.90. The lowest BCUT2D eigenvalue weighted by Crippen LogP contribution is -2.56. The summed E-state index contributed by atoms with van der Waals surface area (Å²) in [5.41, 5.74) is 3.92. The van der Waals surface area contributed by atoms with Crippen molar-refractivity contribution in [2.45, 2.75) is 51.7 Å². The van der Waals surface area contributed by atoms with Gasteiger partial charge in [0.25, 0.3) is 0 Å². The molecule has 2 aliphatic rings. The lowest BCUT2D eigenvalue weighted by molar-refractivity contribution is -0.116. The lowest BCUT2D eigenvalue weighted by atomic mass is 10.0. The number of hydrogen-bond acceptors (Lipinski definition) is 4. The van der Waals surface area contributed by atoms with Gasteiger partial charge in [-0.2, -0.15) is 0 Å². The predicted octanol–water partition coefficient (Wildman–Crippen LogP) is 4.24. The topological polar surface area (TPSA) is 61.9 Å². The summed E-state index contributed by atoms with van der Waals surface area (Å²) in [6.07, 6.45) is 1.96. The van der Waals surface area contributed by atoms with Crippen LogP contribution in [0.1, 0.15) is 38.3 Å². The van der Waals surface area contributed by atoms with E-state index in [-0.39, 0.29) is 18.0 Å². The summed E-state index contributed by atoms with van der Waals surface area (Å²) in [5, 5.41) is 3.05. The molecule has 0 aliphatic carbocycles. The molecule has 0 unspecified atom stereocenters. The third-order valence-electron chi connectivity index (χ3n) is 5.75. The van der Waals surface area contributed by atoms with Gasteiger partial charge in [-0.15, -0.1) is 0 Å². The Morgan fingerprint density at radius 1 is 1.06 bits per heavy atom. The molecular weight excluding hydrogens is 390 g/mol. The SMILES string of the molecule is CC(C)(C)OC(=O)N1CCN2c3cc(CCc4ccccc4)ccc3NC(=O)C[C@H]2C1. The van der Waals surface area contributed by atoms with E-state index >= 15 is 0 Å². The van der Waals surface area contributed by atoms with Crippen molar-refractivity contribution in [1.82, 2.24) is 4.90 Å². The smallest absolute Gasteiger partial charge is 0.410 e. The van der Waals surface area contributed by atoms with E-state index in [0.717, 1.165) is 24.2 Å². The molecule has 1 N–H and O–H groups in total. The van der Waals surface area contributed by atoms with Crippen LogP contribution in [-0.4, -0.2) is 48.2 Å². The molecule has 164 valence electrons. The Morgan fingerprint density at radius 3 is 2.55 bits per heavy atom. The summed E-state index contributed by atoms with van der Waals surface area (Å²) < 4.78 is 5.55. The van der Waals surface area contributed by atoms with E-state index in [1.807, 2.05) is 32.9 Å². The van der Waals surface area contributed by atoms with Crippen LogP contribution in [0.3, 0.4) is 0 Å². The molecule has 2 aliphatic heterocycles. The van der Waals surface area contributed by atoms with Crippen molar-refractivity contribution in [3.05, 3.63) is 59.7 Å². The number of piperazine rings is 1. The highest BCUT2D eigenvalue weighted by molar-refractivity contribution is 5.97. The number of aryl methyl sites for hydroxylation is 2. The summed E-state index contributed by atoms with van der Waals surface area (Å²) in [4.78, 5) is 29.1. The molecule has 2 heterocycles. The van der Waals surface area contributed by atoms with E-state index in [0.29, 0.717) is 26.1 Å². The molecule has 0 spiro atoms. The lowest BCUT2D eigenvalue weighted by Gasteiger charge is -2.42. The fraction of sp³-hybridized carbons (Fsp3) is 0.440. The largest absolute Gasteiger partial charge is 0.444 e. The zero-order chi connectivity index (χ0) is 22.0. The standard InChI is InChI=1S/C25H31N3O3/c1-25(2,3)31-24(30)27-13-14-28-20(17-27)16-23(29)26-21-12-11-19(15-22(21)28)10-9-18-7-5-4-6-8-18/h4-8,11-12,15,20H,9-10,13-14,16-17H2,1-3H3,(H,26,29)/t20-/m0/s1. The van der Waals surface area contributed by atoms with Crippen LogP contribution in [0.15, 0.2) is 48.5 Å². The van der Waals surface area contributed by atoms with E-state index in [9.17, 15) is 9.59 Å².